The molecule has 14 heavy (non-hydrogen) atoms. The zero-order chi connectivity index (χ0) is 10.6. The maximum atomic E-state index is 9.35. The van der Waals surface area contributed by atoms with Crippen LogP contribution in [0.1, 0.15) is 25.5 Å². The van der Waals surface area contributed by atoms with Crippen LogP contribution in [0.5, 0.6) is 0 Å². The molecule has 0 bridgehead atoms. The Morgan fingerprint density at radius 2 is 2.21 bits per heavy atom. The number of aliphatic hydroxyl groups excluding tert-OH is 2. The lowest BCUT2D eigenvalue weighted by atomic mass is 10.2. The molecule has 2 unspecified atom stereocenters. The Hall–Kier alpha value is -0.580. The monoisotopic (exact) mass is 213 g/mol. The molecule has 0 radical (unpaired) electrons. The predicted molar refractivity (Wildman–Crippen MR) is 57.3 cm³/mol. The number of aliphatic hydroxyl groups is 2. The van der Waals surface area contributed by atoms with Crippen molar-refractivity contribution >= 4 is 11.8 Å². The van der Waals surface area contributed by atoms with E-state index in [4.69, 9.17) is 5.11 Å². The minimum atomic E-state index is -0.471. The van der Waals surface area contributed by atoms with Crippen LogP contribution in [-0.4, -0.2) is 27.1 Å². The molecule has 1 rings (SSSR count). The number of rotatable bonds is 4. The second kappa shape index (κ2) is 5.34. The molecule has 3 nitrogen and oxygen atoms in total. The van der Waals surface area contributed by atoms with Crippen molar-refractivity contribution in [1.29, 1.82) is 0 Å². The van der Waals surface area contributed by atoms with E-state index in [-0.39, 0.29) is 11.9 Å². The quantitative estimate of drug-likeness (QED) is 0.746. The fourth-order valence-corrected chi connectivity index (χ4v) is 1.81. The van der Waals surface area contributed by atoms with Gasteiger partial charge >= 0.3 is 0 Å². The molecule has 2 N–H and O–H groups in total. The first-order valence-corrected chi connectivity index (χ1v) is 5.43. The highest BCUT2D eigenvalue weighted by atomic mass is 32.2. The second-order valence-electron chi connectivity index (χ2n) is 3.21. The Bertz CT molecular complexity index is 291. The van der Waals surface area contributed by atoms with E-state index >= 15 is 0 Å². The summed E-state index contributed by atoms with van der Waals surface area (Å²) in [6.45, 7) is 3.78. The summed E-state index contributed by atoms with van der Waals surface area (Å²) in [6, 6.07) is 3.64. The van der Waals surface area contributed by atoms with E-state index in [1.165, 1.54) is 11.8 Å². The van der Waals surface area contributed by atoms with Crippen molar-refractivity contribution in [3.63, 3.8) is 0 Å². The van der Waals surface area contributed by atoms with Crippen molar-refractivity contribution in [2.24, 2.45) is 0 Å². The van der Waals surface area contributed by atoms with Gasteiger partial charge in [-0.3, -0.25) is 0 Å². The first-order valence-electron chi connectivity index (χ1n) is 4.55. The van der Waals surface area contributed by atoms with Gasteiger partial charge in [0.05, 0.1) is 17.7 Å². The smallest absolute Gasteiger partial charge is 0.0966 e. The lowest BCUT2D eigenvalue weighted by Crippen LogP contribution is -2.02. The Morgan fingerprint density at radius 1 is 1.50 bits per heavy atom. The van der Waals surface area contributed by atoms with E-state index in [0.29, 0.717) is 0 Å². The second-order valence-corrected chi connectivity index (χ2v) is 4.67. The maximum absolute atomic E-state index is 9.35. The first-order chi connectivity index (χ1) is 6.63. The molecule has 0 aromatic carbocycles. The standard InChI is InChI=1S/C10H15NO2S/c1-7(6-12)14-10-5-9(8(2)13)3-4-11-10/h3-5,7-8,12-13H,6H2,1-2H3. The van der Waals surface area contributed by atoms with E-state index in [0.717, 1.165) is 10.6 Å². The normalized spacial score (nSPS) is 15.1. The molecule has 4 heteroatoms. The molecule has 0 aliphatic rings. The van der Waals surface area contributed by atoms with Crippen LogP contribution < -0.4 is 0 Å². The molecule has 78 valence electrons. The van der Waals surface area contributed by atoms with Crippen LogP contribution in [0.4, 0.5) is 0 Å². The number of nitrogens with zero attached hydrogens (tertiary/aromatic N) is 1. The number of aromatic nitrogens is 1. The van der Waals surface area contributed by atoms with Crippen molar-refractivity contribution in [3.8, 4) is 0 Å². The predicted octanol–water partition coefficient (Wildman–Crippen LogP) is 1.61. The van der Waals surface area contributed by atoms with Gasteiger partial charge in [0.15, 0.2) is 0 Å². The number of thioether (sulfide) groups is 1. The molecule has 1 aromatic heterocycles. The van der Waals surface area contributed by atoms with Gasteiger partial charge in [0.25, 0.3) is 0 Å². The van der Waals surface area contributed by atoms with Crippen LogP contribution >= 0.6 is 11.8 Å². The minimum Gasteiger partial charge on any atom is -0.395 e. The minimum absolute atomic E-state index is 0.130. The van der Waals surface area contributed by atoms with Crippen LogP contribution in [-0.2, 0) is 0 Å². The van der Waals surface area contributed by atoms with Crippen molar-refractivity contribution in [3.05, 3.63) is 23.9 Å². The summed E-state index contributed by atoms with van der Waals surface area (Å²) in [6.07, 6.45) is 1.20. The molecular formula is C10H15NO2S. The third-order valence-electron chi connectivity index (χ3n) is 1.82. The van der Waals surface area contributed by atoms with Gasteiger partial charge in [0, 0.05) is 11.4 Å². The van der Waals surface area contributed by atoms with Gasteiger partial charge in [-0.05, 0) is 24.6 Å². The summed E-state index contributed by atoms with van der Waals surface area (Å²) in [5.74, 6) is 0. The van der Waals surface area contributed by atoms with E-state index < -0.39 is 6.10 Å². The van der Waals surface area contributed by atoms with Crippen LogP contribution in [0.15, 0.2) is 23.4 Å². The molecule has 1 heterocycles. The first kappa shape index (κ1) is 11.5. The summed E-state index contributed by atoms with van der Waals surface area (Å²) in [4.78, 5) is 4.15. The maximum Gasteiger partial charge on any atom is 0.0966 e. The van der Waals surface area contributed by atoms with Crippen LogP contribution in [0, 0.1) is 0 Å². The Morgan fingerprint density at radius 3 is 2.79 bits per heavy atom. The van der Waals surface area contributed by atoms with Crippen molar-refractivity contribution in [2.75, 3.05) is 6.61 Å². The Balaban J connectivity index is 2.73. The lowest BCUT2D eigenvalue weighted by molar-refractivity contribution is 0.199. The largest absolute Gasteiger partial charge is 0.395 e. The summed E-state index contributed by atoms with van der Waals surface area (Å²) in [5, 5.41) is 19.2. The fraction of sp³-hybridized carbons (Fsp3) is 0.500. The molecule has 0 amide bonds. The SMILES string of the molecule is CC(CO)Sc1cc(C(C)O)ccn1. The molecule has 0 fully saturated rings. The van der Waals surface area contributed by atoms with Gasteiger partial charge in [0.1, 0.15) is 0 Å². The summed E-state index contributed by atoms with van der Waals surface area (Å²) in [5.41, 5.74) is 0.854. The average Bonchev–Trinajstić information content (AvgIpc) is 2.18. The van der Waals surface area contributed by atoms with Gasteiger partial charge in [-0.2, -0.15) is 0 Å². The van der Waals surface area contributed by atoms with E-state index in [9.17, 15) is 5.11 Å². The Labute approximate surface area is 88.2 Å². The van der Waals surface area contributed by atoms with Crippen LogP contribution in [0.3, 0.4) is 0 Å². The molecule has 2 atom stereocenters. The highest BCUT2D eigenvalue weighted by Gasteiger charge is 2.06. The van der Waals surface area contributed by atoms with Gasteiger partial charge < -0.3 is 10.2 Å². The third kappa shape index (κ3) is 3.29. The van der Waals surface area contributed by atoms with Crippen molar-refractivity contribution in [1.82, 2.24) is 4.98 Å². The summed E-state index contributed by atoms with van der Waals surface area (Å²) >= 11 is 1.50. The molecule has 0 aliphatic carbocycles. The number of hydrogen-bond donors (Lipinski definition) is 2. The number of pyridine rings is 1. The lowest BCUT2D eigenvalue weighted by Gasteiger charge is -2.09. The van der Waals surface area contributed by atoms with Gasteiger partial charge in [0.2, 0.25) is 0 Å². The van der Waals surface area contributed by atoms with Crippen LogP contribution in [0.2, 0.25) is 0 Å². The zero-order valence-corrected chi connectivity index (χ0v) is 9.16. The molecular weight excluding hydrogens is 198 g/mol. The number of hydrogen-bond acceptors (Lipinski definition) is 4. The van der Waals surface area contributed by atoms with Crippen molar-refractivity contribution in [2.45, 2.75) is 30.2 Å². The van der Waals surface area contributed by atoms with Crippen LogP contribution in [0.25, 0.3) is 0 Å². The summed E-state index contributed by atoms with van der Waals surface area (Å²) < 4.78 is 0. The topological polar surface area (TPSA) is 53.4 Å². The van der Waals surface area contributed by atoms with Crippen molar-refractivity contribution < 1.29 is 10.2 Å². The highest BCUT2D eigenvalue weighted by molar-refractivity contribution is 7.99. The van der Waals surface area contributed by atoms with E-state index in [2.05, 4.69) is 4.98 Å². The molecule has 1 aromatic rings. The highest BCUT2D eigenvalue weighted by Crippen LogP contribution is 2.23. The third-order valence-corrected chi connectivity index (χ3v) is 2.84. The summed E-state index contributed by atoms with van der Waals surface area (Å²) in [7, 11) is 0. The van der Waals surface area contributed by atoms with E-state index in [1.54, 1.807) is 19.2 Å². The molecule has 0 spiro atoms. The van der Waals surface area contributed by atoms with Gasteiger partial charge in [-0.25, -0.2) is 4.98 Å². The Kier molecular flexibility index (Phi) is 4.38. The fourth-order valence-electron chi connectivity index (χ4n) is 0.992. The van der Waals surface area contributed by atoms with Gasteiger partial charge in [-0.1, -0.05) is 6.92 Å². The molecule has 0 saturated carbocycles. The zero-order valence-electron chi connectivity index (χ0n) is 8.34. The molecule has 0 aliphatic heterocycles. The van der Waals surface area contributed by atoms with Gasteiger partial charge in [-0.15, -0.1) is 11.8 Å². The molecule has 0 saturated heterocycles. The van der Waals surface area contributed by atoms with E-state index in [1.807, 2.05) is 13.0 Å². The average molecular weight is 213 g/mol.